The molecule has 1 N–H and O–H groups in total. The fourth-order valence-electron chi connectivity index (χ4n) is 3.10. The summed E-state index contributed by atoms with van der Waals surface area (Å²) in [6, 6.07) is 26.7. The number of phenolic OH excluding ortho intramolecular Hbond substituents is 1. The van der Waals surface area contributed by atoms with Crippen molar-refractivity contribution in [2.75, 3.05) is 0 Å². The maximum Gasteiger partial charge on any atom is 0.211 e. The molecule has 5 aromatic rings. The van der Waals surface area contributed by atoms with Gasteiger partial charge in [-0.1, -0.05) is 48.5 Å². The van der Waals surface area contributed by atoms with E-state index >= 15 is 0 Å². The van der Waals surface area contributed by atoms with Crippen LogP contribution in [0.2, 0.25) is 0 Å². The molecule has 30 heavy (non-hydrogen) atoms. The lowest BCUT2D eigenvalue weighted by atomic mass is 10.2. The van der Waals surface area contributed by atoms with Gasteiger partial charge in [0.1, 0.15) is 17.0 Å². The van der Waals surface area contributed by atoms with Crippen LogP contribution in [0.4, 0.5) is 5.69 Å². The predicted molar refractivity (Wildman–Crippen MR) is 120 cm³/mol. The first kappa shape index (κ1) is 18.1. The first-order valence-electron chi connectivity index (χ1n) is 9.39. The Bertz CT molecular complexity index is 1380. The van der Waals surface area contributed by atoms with Crippen molar-refractivity contribution in [3.8, 4) is 17.2 Å². The highest BCUT2D eigenvalue weighted by Crippen LogP contribution is 2.28. The SMILES string of the molecule is Oc1ccccc1C=Nn1c(-c2cc3ccccc3o2)csc1=Nc1ccccc1. The molecule has 0 spiro atoms. The van der Waals surface area contributed by atoms with E-state index in [1.165, 1.54) is 11.3 Å². The third-order valence-corrected chi connectivity index (χ3v) is 5.41. The fourth-order valence-corrected chi connectivity index (χ4v) is 3.93. The van der Waals surface area contributed by atoms with Gasteiger partial charge in [0.05, 0.1) is 11.9 Å². The van der Waals surface area contributed by atoms with Crippen molar-refractivity contribution in [3.05, 3.63) is 101 Å². The number of thiazole rings is 1. The van der Waals surface area contributed by atoms with Crippen LogP contribution in [0.25, 0.3) is 22.4 Å². The molecule has 0 aliphatic rings. The Morgan fingerprint density at radius 2 is 1.67 bits per heavy atom. The largest absolute Gasteiger partial charge is 0.507 e. The van der Waals surface area contributed by atoms with E-state index in [0.717, 1.165) is 22.4 Å². The summed E-state index contributed by atoms with van der Waals surface area (Å²) in [7, 11) is 0. The van der Waals surface area contributed by atoms with Crippen LogP contribution in [0, 0.1) is 0 Å². The molecule has 5 nitrogen and oxygen atoms in total. The number of rotatable bonds is 4. The van der Waals surface area contributed by atoms with E-state index in [1.807, 2.05) is 72.1 Å². The molecule has 0 unspecified atom stereocenters. The molecule has 5 rings (SSSR count). The van der Waals surface area contributed by atoms with E-state index in [2.05, 4.69) is 5.10 Å². The Balaban J connectivity index is 1.67. The molecule has 3 aromatic carbocycles. The molecular formula is C24H17N3O2S. The second-order valence-corrected chi connectivity index (χ2v) is 7.45. The molecule has 0 aliphatic heterocycles. The van der Waals surface area contributed by atoms with Gasteiger partial charge < -0.3 is 9.52 Å². The van der Waals surface area contributed by atoms with Crippen molar-refractivity contribution in [1.82, 2.24) is 4.68 Å². The first-order valence-corrected chi connectivity index (χ1v) is 10.3. The molecule has 0 saturated heterocycles. The Kier molecular flexibility index (Phi) is 4.75. The molecule has 146 valence electrons. The van der Waals surface area contributed by atoms with Gasteiger partial charge in [-0.05, 0) is 36.4 Å². The topological polar surface area (TPSA) is 63.0 Å². The molecule has 0 bridgehead atoms. The van der Waals surface area contributed by atoms with Gasteiger partial charge in [-0.3, -0.25) is 0 Å². The second kappa shape index (κ2) is 7.85. The summed E-state index contributed by atoms with van der Waals surface area (Å²) in [4.78, 5) is 5.44. The Labute approximate surface area is 176 Å². The van der Waals surface area contributed by atoms with E-state index in [-0.39, 0.29) is 5.75 Å². The summed E-state index contributed by atoms with van der Waals surface area (Å²) in [6.45, 7) is 0. The number of fused-ring (bicyclic) bond motifs is 1. The number of benzene rings is 3. The van der Waals surface area contributed by atoms with Gasteiger partial charge in [0.2, 0.25) is 4.80 Å². The summed E-state index contributed by atoms with van der Waals surface area (Å²) in [5.41, 5.74) is 3.06. The minimum atomic E-state index is 0.170. The highest BCUT2D eigenvalue weighted by molar-refractivity contribution is 7.07. The minimum absolute atomic E-state index is 0.170. The molecule has 0 fully saturated rings. The van der Waals surface area contributed by atoms with Gasteiger partial charge in [-0.15, -0.1) is 11.3 Å². The molecular weight excluding hydrogens is 394 g/mol. The number of hydrogen-bond donors (Lipinski definition) is 1. The molecule has 2 heterocycles. The van der Waals surface area contributed by atoms with Crippen molar-refractivity contribution in [1.29, 1.82) is 0 Å². The zero-order chi connectivity index (χ0) is 20.3. The summed E-state index contributed by atoms with van der Waals surface area (Å²) in [5.74, 6) is 0.875. The van der Waals surface area contributed by atoms with E-state index < -0.39 is 0 Å². The highest BCUT2D eigenvalue weighted by Gasteiger charge is 2.13. The molecule has 6 heteroatoms. The lowest BCUT2D eigenvalue weighted by Crippen LogP contribution is -2.11. The van der Waals surface area contributed by atoms with Crippen LogP contribution in [0.5, 0.6) is 5.75 Å². The van der Waals surface area contributed by atoms with Crippen LogP contribution in [0.1, 0.15) is 5.56 Å². The number of furan rings is 1. The number of para-hydroxylation sites is 3. The number of aromatic nitrogens is 1. The maximum absolute atomic E-state index is 10.1. The summed E-state index contributed by atoms with van der Waals surface area (Å²) >= 11 is 1.48. The average Bonchev–Trinajstić information content (AvgIpc) is 3.38. The number of hydrogen-bond acceptors (Lipinski definition) is 5. The van der Waals surface area contributed by atoms with Crippen LogP contribution in [-0.4, -0.2) is 16.0 Å². The van der Waals surface area contributed by atoms with Crippen molar-refractivity contribution >= 4 is 34.2 Å². The zero-order valence-corrected chi connectivity index (χ0v) is 16.7. The van der Waals surface area contributed by atoms with Crippen LogP contribution in [-0.2, 0) is 0 Å². The Morgan fingerprint density at radius 3 is 2.50 bits per heavy atom. The molecule has 0 amide bonds. The van der Waals surface area contributed by atoms with Crippen LogP contribution < -0.4 is 4.80 Å². The van der Waals surface area contributed by atoms with Gasteiger partial charge >= 0.3 is 0 Å². The first-order chi connectivity index (χ1) is 14.8. The summed E-state index contributed by atoms with van der Waals surface area (Å²) < 4.78 is 7.79. The Hall–Kier alpha value is -3.90. The van der Waals surface area contributed by atoms with Gasteiger partial charge in [0.25, 0.3) is 0 Å². The van der Waals surface area contributed by atoms with E-state index in [1.54, 1.807) is 29.1 Å². The minimum Gasteiger partial charge on any atom is -0.507 e. The monoisotopic (exact) mass is 411 g/mol. The van der Waals surface area contributed by atoms with E-state index in [9.17, 15) is 5.11 Å². The van der Waals surface area contributed by atoms with Gasteiger partial charge in [-0.2, -0.15) is 5.10 Å². The zero-order valence-electron chi connectivity index (χ0n) is 15.8. The van der Waals surface area contributed by atoms with Crippen LogP contribution in [0.15, 0.2) is 105 Å². The van der Waals surface area contributed by atoms with Crippen molar-refractivity contribution in [2.45, 2.75) is 0 Å². The molecule has 0 aliphatic carbocycles. The Morgan fingerprint density at radius 1 is 0.900 bits per heavy atom. The number of nitrogens with zero attached hydrogens (tertiary/aromatic N) is 3. The van der Waals surface area contributed by atoms with Crippen LogP contribution >= 0.6 is 11.3 Å². The molecule has 2 aromatic heterocycles. The third-order valence-electron chi connectivity index (χ3n) is 4.59. The number of phenols is 1. The maximum atomic E-state index is 10.1. The normalized spacial score (nSPS) is 12.2. The van der Waals surface area contributed by atoms with E-state index in [4.69, 9.17) is 9.41 Å². The van der Waals surface area contributed by atoms with Crippen LogP contribution in [0.3, 0.4) is 0 Å². The smallest absolute Gasteiger partial charge is 0.211 e. The summed E-state index contributed by atoms with van der Waals surface area (Å²) in [5, 5.41) is 17.7. The lowest BCUT2D eigenvalue weighted by molar-refractivity contribution is 0.474. The van der Waals surface area contributed by atoms with Gasteiger partial charge in [-0.25, -0.2) is 9.67 Å². The van der Waals surface area contributed by atoms with Gasteiger partial charge in [0.15, 0.2) is 5.76 Å². The second-order valence-electron chi connectivity index (χ2n) is 6.61. The highest BCUT2D eigenvalue weighted by atomic mass is 32.1. The summed E-state index contributed by atoms with van der Waals surface area (Å²) in [6.07, 6.45) is 1.62. The average molecular weight is 411 g/mol. The standard InChI is InChI=1S/C24H17N3O2S/c28-21-12-6-4-9-18(21)15-25-27-20(23-14-17-8-5-7-13-22(17)29-23)16-30-24(27)26-19-10-2-1-3-11-19/h1-16,28H. The number of aromatic hydroxyl groups is 1. The molecule has 0 saturated carbocycles. The fraction of sp³-hybridized carbons (Fsp3) is 0. The third kappa shape index (κ3) is 3.56. The van der Waals surface area contributed by atoms with Crippen molar-refractivity contribution in [3.63, 3.8) is 0 Å². The molecule has 0 atom stereocenters. The lowest BCUT2D eigenvalue weighted by Gasteiger charge is -2.01. The molecule has 0 radical (unpaired) electrons. The van der Waals surface area contributed by atoms with Crippen molar-refractivity contribution < 1.29 is 9.52 Å². The van der Waals surface area contributed by atoms with Crippen molar-refractivity contribution in [2.24, 2.45) is 10.1 Å². The van der Waals surface area contributed by atoms with E-state index in [0.29, 0.717) is 16.1 Å². The van der Waals surface area contributed by atoms with Gasteiger partial charge in [0, 0.05) is 16.3 Å². The predicted octanol–water partition coefficient (Wildman–Crippen LogP) is 5.78. The quantitative estimate of drug-likeness (QED) is 0.381.